The van der Waals surface area contributed by atoms with Crippen LogP contribution in [0.4, 0.5) is 0 Å². The van der Waals surface area contributed by atoms with Crippen LogP contribution in [0.2, 0.25) is 0 Å². The molecule has 0 atom stereocenters. The second-order valence-electron chi connectivity index (χ2n) is 5.30. The van der Waals surface area contributed by atoms with Crippen LogP contribution in [0.1, 0.15) is 25.8 Å². The lowest BCUT2D eigenvalue weighted by atomic mass is 10.1. The fraction of sp³-hybridized carbons (Fsp3) is 0.533. The summed E-state index contributed by atoms with van der Waals surface area (Å²) in [5, 5.41) is 2.65. The van der Waals surface area contributed by atoms with Gasteiger partial charge in [-0.2, -0.15) is 0 Å². The number of nitrogens with one attached hydrogen (secondary N) is 1. The Morgan fingerprint density at radius 3 is 2.55 bits per heavy atom. The molecule has 0 saturated carbocycles. The van der Waals surface area contributed by atoms with Crippen molar-refractivity contribution in [3.8, 4) is 0 Å². The van der Waals surface area contributed by atoms with Crippen molar-refractivity contribution in [3.05, 3.63) is 30.1 Å². The Balaban J connectivity index is 2.27. The minimum absolute atomic E-state index is 0.0679. The third kappa shape index (κ3) is 6.31. The maximum Gasteiger partial charge on any atom is 0.241 e. The number of pyridine rings is 1. The molecule has 1 aromatic rings. The first-order valence-electron chi connectivity index (χ1n) is 6.88. The van der Waals surface area contributed by atoms with Gasteiger partial charge in [-0.1, -0.05) is 13.8 Å². The van der Waals surface area contributed by atoms with Crippen LogP contribution in [-0.4, -0.2) is 41.8 Å². The van der Waals surface area contributed by atoms with Crippen molar-refractivity contribution >= 4 is 11.8 Å². The van der Waals surface area contributed by atoms with Crippen LogP contribution < -0.4 is 5.32 Å². The van der Waals surface area contributed by atoms with Gasteiger partial charge in [-0.25, -0.2) is 0 Å². The number of likely N-dealkylation sites (N-methyl/N-ethyl adjacent to an activating group) is 1. The summed E-state index contributed by atoms with van der Waals surface area (Å²) in [7, 11) is 1.75. The van der Waals surface area contributed by atoms with Gasteiger partial charge in [0.25, 0.3) is 0 Å². The molecule has 1 aromatic heterocycles. The predicted molar refractivity (Wildman–Crippen MR) is 78.0 cm³/mol. The Morgan fingerprint density at radius 2 is 1.95 bits per heavy atom. The highest BCUT2D eigenvalue weighted by Gasteiger charge is 2.11. The first kappa shape index (κ1) is 16.1. The lowest BCUT2D eigenvalue weighted by Gasteiger charge is -2.17. The molecule has 110 valence electrons. The molecular formula is C15H23N3O2. The zero-order chi connectivity index (χ0) is 15.0. The van der Waals surface area contributed by atoms with Gasteiger partial charge in [-0.3, -0.25) is 14.6 Å². The van der Waals surface area contributed by atoms with Gasteiger partial charge in [0, 0.05) is 32.4 Å². The smallest absolute Gasteiger partial charge is 0.241 e. The molecule has 2 amide bonds. The van der Waals surface area contributed by atoms with E-state index in [0.717, 1.165) is 12.0 Å². The number of carbonyl (C=O) groups excluding carboxylic acids is 2. The summed E-state index contributed by atoms with van der Waals surface area (Å²) in [5.74, 6) is 0.154. The molecule has 0 saturated heterocycles. The molecule has 0 bridgehead atoms. The SMILES string of the molecule is CC(C)CC(=O)NCC(=O)N(C)CCc1ccncc1. The molecule has 0 aromatic carbocycles. The van der Waals surface area contributed by atoms with E-state index < -0.39 is 0 Å². The molecule has 5 nitrogen and oxygen atoms in total. The molecule has 1 rings (SSSR count). The van der Waals surface area contributed by atoms with E-state index in [1.807, 2.05) is 26.0 Å². The normalized spacial score (nSPS) is 10.4. The van der Waals surface area contributed by atoms with E-state index in [0.29, 0.717) is 18.9 Å². The van der Waals surface area contributed by atoms with Crippen molar-refractivity contribution in [3.63, 3.8) is 0 Å². The first-order valence-corrected chi connectivity index (χ1v) is 6.88. The topological polar surface area (TPSA) is 62.3 Å². The minimum Gasteiger partial charge on any atom is -0.347 e. The number of hydrogen-bond acceptors (Lipinski definition) is 3. The third-order valence-electron chi connectivity index (χ3n) is 2.94. The Bertz CT molecular complexity index is 432. The van der Waals surface area contributed by atoms with Gasteiger partial charge in [0.1, 0.15) is 0 Å². The quantitative estimate of drug-likeness (QED) is 0.815. The molecule has 1 N–H and O–H groups in total. The predicted octanol–water partition coefficient (Wildman–Crippen LogP) is 1.24. The minimum atomic E-state index is -0.0733. The third-order valence-corrected chi connectivity index (χ3v) is 2.94. The van der Waals surface area contributed by atoms with Crippen molar-refractivity contribution in [2.75, 3.05) is 20.1 Å². The molecule has 0 spiro atoms. The van der Waals surface area contributed by atoms with Crippen LogP contribution in [0.3, 0.4) is 0 Å². The Labute approximate surface area is 120 Å². The molecule has 0 radical (unpaired) electrons. The van der Waals surface area contributed by atoms with Crippen molar-refractivity contribution in [2.45, 2.75) is 26.7 Å². The summed E-state index contributed by atoms with van der Waals surface area (Å²) in [5.41, 5.74) is 1.14. The Kier molecular flexibility index (Phi) is 6.70. The largest absolute Gasteiger partial charge is 0.347 e. The molecule has 0 fully saturated rings. The molecule has 5 heteroatoms. The number of nitrogens with zero attached hydrogens (tertiary/aromatic N) is 2. The van der Waals surface area contributed by atoms with Crippen LogP contribution in [0.15, 0.2) is 24.5 Å². The van der Waals surface area contributed by atoms with Crippen molar-refractivity contribution in [1.82, 2.24) is 15.2 Å². The van der Waals surface area contributed by atoms with E-state index in [-0.39, 0.29) is 18.4 Å². The summed E-state index contributed by atoms with van der Waals surface area (Å²) in [6.07, 6.45) is 4.71. The molecule has 0 unspecified atom stereocenters. The summed E-state index contributed by atoms with van der Waals surface area (Å²) >= 11 is 0. The summed E-state index contributed by atoms with van der Waals surface area (Å²) in [6, 6.07) is 3.87. The standard InChI is InChI=1S/C15H23N3O2/c1-12(2)10-14(19)17-11-15(20)18(3)9-6-13-4-7-16-8-5-13/h4-5,7-8,12H,6,9-11H2,1-3H3,(H,17,19). The zero-order valence-corrected chi connectivity index (χ0v) is 12.4. The van der Waals surface area contributed by atoms with Crippen LogP contribution in [0.5, 0.6) is 0 Å². The van der Waals surface area contributed by atoms with Crippen LogP contribution in [0, 0.1) is 5.92 Å². The first-order chi connectivity index (χ1) is 9.49. The summed E-state index contributed by atoms with van der Waals surface area (Å²) < 4.78 is 0. The lowest BCUT2D eigenvalue weighted by molar-refractivity contribution is -0.132. The van der Waals surface area contributed by atoms with Gasteiger partial charge < -0.3 is 10.2 Å². The van der Waals surface area contributed by atoms with Crippen molar-refractivity contribution in [1.29, 1.82) is 0 Å². The number of carbonyl (C=O) groups is 2. The van der Waals surface area contributed by atoms with Gasteiger partial charge in [-0.05, 0) is 30.0 Å². The molecule has 0 aliphatic heterocycles. The highest BCUT2D eigenvalue weighted by atomic mass is 16.2. The van der Waals surface area contributed by atoms with E-state index in [2.05, 4.69) is 10.3 Å². The van der Waals surface area contributed by atoms with Gasteiger partial charge in [0.2, 0.25) is 11.8 Å². The van der Waals surface area contributed by atoms with Gasteiger partial charge in [0.05, 0.1) is 6.54 Å². The fourth-order valence-electron chi connectivity index (χ4n) is 1.72. The van der Waals surface area contributed by atoms with E-state index in [1.54, 1.807) is 24.3 Å². The maximum absolute atomic E-state index is 11.9. The second kappa shape index (κ2) is 8.30. The van der Waals surface area contributed by atoms with Crippen molar-refractivity contribution < 1.29 is 9.59 Å². The molecule has 20 heavy (non-hydrogen) atoms. The monoisotopic (exact) mass is 277 g/mol. The number of rotatable bonds is 7. The Hall–Kier alpha value is -1.91. The van der Waals surface area contributed by atoms with E-state index in [4.69, 9.17) is 0 Å². The average molecular weight is 277 g/mol. The number of hydrogen-bond donors (Lipinski definition) is 1. The average Bonchev–Trinajstić information content (AvgIpc) is 2.42. The highest BCUT2D eigenvalue weighted by Crippen LogP contribution is 2.00. The van der Waals surface area contributed by atoms with Crippen molar-refractivity contribution in [2.24, 2.45) is 5.92 Å². The highest BCUT2D eigenvalue weighted by molar-refractivity contribution is 5.84. The summed E-state index contributed by atoms with van der Waals surface area (Å²) in [4.78, 5) is 28.9. The molecule has 1 heterocycles. The number of amides is 2. The van der Waals surface area contributed by atoms with Crippen LogP contribution in [0.25, 0.3) is 0 Å². The lowest BCUT2D eigenvalue weighted by Crippen LogP contribution is -2.39. The van der Waals surface area contributed by atoms with E-state index in [9.17, 15) is 9.59 Å². The Morgan fingerprint density at radius 1 is 1.30 bits per heavy atom. The molecular weight excluding hydrogens is 254 g/mol. The summed E-state index contributed by atoms with van der Waals surface area (Å²) in [6.45, 7) is 4.64. The van der Waals surface area contributed by atoms with Gasteiger partial charge in [0.15, 0.2) is 0 Å². The zero-order valence-electron chi connectivity index (χ0n) is 12.4. The fourth-order valence-corrected chi connectivity index (χ4v) is 1.72. The number of aromatic nitrogens is 1. The second-order valence-corrected chi connectivity index (χ2v) is 5.30. The molecule has 0 aliphatic rings. The van der Waals surface area contributed by atoms with E-state index >= 15 is 0 Å². The van der Waals surface area contributed by atoms with Crippen LogP contribution in [-0.2, 0) is 16.0 Å². The maximum atomic E-state index is 11.9. The van der Waals surface area contributed by atoms with Gasteiger partial charge >= 0.3 is 0 Å². The van der Waals surface area contributed by atoms with Crippen LogP contribution >= 0.6 is 0 Å². The van der Waals surface area contributed by atoms with E-state index in [1.165, 1.54) is 0 Å². The van der Waals surface area contributed by atoms with Gasteiger partial charge in [-0.15, -0.1) is 0 Å². The molecule has 0 aliphatic carbocycles.